The Kier molecular flexibility index (Phi) is 6.55. The van der Waals surface area contributed by atoms with Crippen LogP contribution in [0.5, 0.6) is 0 Å². The molecule has 7 nitrogen and oxygen atoms in total. The largest absolute Gasteiger partial charge is 0.496 e. The third kappa shape index (κ3) is 4.47. The highest BCUT2D eigenvalue weighted by Gasteiger charge is 2.52. The maximum Gasteiger partial charge on any atom is 0.496 e. The lowest BCUT2D eigenvalue weighted by atomic mass is 9.80. The van der Waals surface area contributed by atoms with Crippen LogP contribution in [0.4, 0.5) is 4.79 Å². The molecule has 3 saturated heterocycles. The van der Waals surface area contributed by atoms with Crippen LogP contribution < -0.4 is 5.46 Å². The molecule has 2 aromatic carbocycles. The van der Waals surface area contributed by atoms with Gasteiger partial charge in [-0.15, -0.1) is 0 Å². The highest BCUT2D eigenvalue weighted by atomic mass is 16.7. The Bertz CT molecular complexity index is 1460. The number of nitrogens with zero attached hydrogens (tertiary/aromatic N) is 2. The van der Waals surface area contributed by atoms with E-state index in [1.165, 1.54) is 22.3 Å². The van der Waals surface area contributed by atoms with Gasteiger partial charge in [0, 0.05) is 35.6 Å². The second kappa shape index (κ2) is 10.1. The Labute approximate surface area is 247 Å². The van der Waals surface area contributed by atoms with E-state index in [2.05, 4.69) is 41.4 Å². The van der Waals surface area contributed by atoms with Crippen LogP contribution in [-0.2, 0) is 14.0 Å². The zero-order valence-corrected chi connectivity index (χ0v) is 24.7. The summed E-state index contributed by atoms with van der Waals surface area (Å²) in [4.78, 5) is 33.4. The van der Waals surface area contributed by atoms with Crippen molar-refractivity contribution in [2.24, 2.45) is 5.92 Å². The van der Waals surface area contributed by atoms with E-state index < -0.39 is 18.3 Å². The van der Waals surface area contributed by atoms with Crippen molar-refractivity contribution in [2.45, 2.75) is 82.6 Å². The second-order valence-corrected chi connectivity index (χ2v) is 13.2. The summed E-state index contributed by atoms with van der Waals surface area (Å²) in [5.74, 6) is -0.0840. The van der Waals surface area contributed by atoms with Gasteiger partial charge >= 0.3 is 13.2 Å². The number of Topliss-reactive ketones (excluding diaryl/α,β-unsaturated/α-hetero) is 1. The van der Waals surface area contributed by atoms with Gasteiger partial charge < -0.3 is 18.9 Å². The molecule has 0 spiro atoms. The third-order valence-corrected chi connectivity index (χ3v) is 10.2. The molecule has 7 rings (SSSR count). The molecule has 0 radical (unpaired) electrons. The minimum Gasteiger partial charge on any atom is -0.448 e. The SMILES string of the molecule is CC1(C)OB(c2ccc(C(=O)C3CC4CCC(C3)N4C(=O)OCC3c4ccccc4-c4ccccc43)nc2)OC1(C)C. The summed E-state index contributed by atoms with van der Waals surface area (Å²) in [6.07, 6.45) is 4.50. The molecule has 216 valence electrons. The number of aromatic nitrogens is 1. The van der Waals surface area contributed by atoms with Crippen molar-refractivity contribution in [1.82, 2.24) is 9.88 Å². The molecule has 42 heavy (non-hydrogen) atoms. The first kappa shape index (κ1) is 27.4. The van der Waals surface area contributed by atoms with Gasteiger partial charge in [-0.25, -0.2) is 4.79 Å². The van der Waals surface area contributed by atoms with E-state index in [4.69, 9.17) is 14.0 Å². The fraction of sp³-hybridized carbons (Fsp3) is 0.441. The van der Waals surface area contributed by atoms with Crippen molar-refractivity contribution in [3.8, 4) is 11.1 Å². The summed E-state index contributed by atoms with van der Waals surface area (Å²) in [5, 5.41) is 0. The monoisotopic (exact) mass is 564 g/mol. The van der Waals surface area contributed by atoms with Gasteiger partial charge in [0.1, 0.15) is 12.3 Å². The molecule has 3 fully saturated rings. The molecule has 1 aromatic heterocycles. The number of hydrogen-bond acceptors (Lipinski definition) is 6. The minimum absolute atomic E-state index is 0.0115. The van der Waals surface area contributed by atoms with E-state index >= 15 is 0 Å². The number of fused-ring (bicyclic) bond motifs is 5. The maximum absolute atomic E-state index is 13.5. The highest BCUT2D eigenvalue weighted by molar-refractivity contribution is 6.62. The van der Waals surface area contributed by atoms with Crippen molar-refractivity contribution in [2.75, 3.05) is 6.61 Å². The Hall–Kier alpha value is -3.49. The third-order valence-electron chi connectivity index (χ3n) is 10.2. The van der Waals surface area contributed by atoms with Gasteiger partial charge in [0.05, 0.1) is 11.2 Å². The summed E-state index contributed by atoms with van der Waals surface area (Å²) >= 11 is 0. The van der Waals surface area contributed by atoms with Gasteiger partial charge in [0.25, 0.3) is 0 Å². The first-order valence-corrected chi connectivity index (χ1v) is 15.1. The van der Waals surface area contributed by atoms with Crippen molar-refractivity contribution < 1.29 is 23.6 Å². The van der Waals surface area contributed by atoms with Crippen LogP contribution in [0.3, 0.4) is 0 Å². The summed E-state index contributed by atoms with van der Waals surface area (Å²) in [5.41, 5.74) is 5.22. The van der Waals surface area contributed by atoms with Gasteiger partial charge in [0.2, 0.25) is 0 Å². The summed E-state index contributed by atoms with van der Waals surface area (Å²) in [7, 11) is -0.511. The van der Waals surface area contributed by atoms with Crippen LogP contribution >= 0.6 is 0 Å². The molecular formula is C34H37BN2O5. The molecular weight excluding hydrogens is 527 g/mol. The zero-order valence-electron chi connectivity index (χ0n) is 24.7. The quantitative estimate of drug-likeness (QED) is 0.290. The van der Waals surface area contributed by atoms with Gasteiger partial charge in [-0.05, 0) is 81.7 Å². The molecule has 1 aliphatic carbocycles. The fourth-order valence-corrected chi connectivity index (χ4v) is 7.24. The molecule has 2 atom stereocenters. The molecule has 2 unspecified atom stereocenters. The molecule has 4 aliphatic rings. The first-order valence-electron chi connectivity index (χ1n) is 15.1. The van der Waals surface area contributed by atoms with E-state index in [-0.39, 0.29) is 35.8 Å². The predicted octanol–water partition coefficient (Wildman–Crippen LogP) is 5.76. The maximum atomic E-state index is 13.5. The van der Waals surface area contributed by atoms with E-state index in [1.54, 1.807) is 12.3 Å². The smallest absolute Gasteiger partial charge is 0.448 e. The average Bonchev–Trinajstić information content (AvgIpc) is 3.53. The summed E-state index contributed by atoms with van der Waals surface area (Å²) in [6.45, 7) is 8.37. The van der Waals surface area contributed by atoms with Gasteiger partial charge in [-0.3, -0.25) is 9.78 Å². The predicted molar refractivity (Wildman–Crippen MR) is 161 cm³/mol. The molecule has 8 heteroatoms. The van der Waals surface area contributed by atoms with Crippen molar-refractivity contribution in [3.63, 3.8) is 0 Å². The van der Waals surface area contributed by atoms with E-state index in [0.717, 1.165) is 18.3 Å². The number of hydrogen-bond donors (Lipinski definition) is 0. The number of piperidine rings is 1. The fourth-order valence-electron chi connectivity index (χ4n) is 7.24. The van der Waals surface area contributed by atoms with Gasteiger partial charge in [-0.2, -0.15) is 0 Å². The molecule has 3 aromatic rings. The number of benzene rings is 2. The Morgan fingerprint density at radius 2 is 1.45 bits per heavy atom. The molecule has 1 amide bonds. The minimum atomic E-state index is -0.511. The number of carbonyl (C=O) groups excluding carboxylic acids is 2. The second-order valence-electron chi connectivity index (χ2n) is 13.2. The van der Waals surface area contributed by atoms with E-state index in [9.17, 15) is 9.59 Å². The molecule has 0 saturated carbocycles. The number of pyridine rings is 1. The molecule has 3 aliphatic heterocycles. The van der Waals surface area contributed by atoms with Crippen LogP contribution in [0.2, 0.25) is 0 Å². The lowest BCUT2D eigenvalue weighted by Crippen LogP contribution is -2.48. The van der Waals surface area contributed by atoms with Crippen LogP contribution in [-0.4, -0.2) is 58.8 Å². The number of ketones is 1. The highest BCUT2D eigenvalue weighted by Crippen LogP contribution is 2.45. The zero-order chi connectivity index (χ0) is 29.2. The average molecular weight is 564 g/mol. The van der Waals surface area contributed by atoms with Crippen LogP contribution in [0.25, 0.3) is 11.1 Å². The Balaban J connectivity index is 0.991. The number of amides is 1. The Morgan fingerprint density at radius 3 is 2.00 bits per heavy atom. The van der Waals surface area contributed by atoms with Gasteiger partial charge in [0.15, 0.2) is 5.78 Å². The van der Waals surface area contributed by atoms with Crippen molar-refractivity contribution in [1.29, 1.82) is 0 Å². The lowest BCUT2D eigenvalue weighted by Gasteiger charge is -2.37. The van der Waals surface area contributed by atoms with Crippen molar-refractivity contribution in [3.05, 3.63) is 83.7 Å². The standard InChI is InChI=1S/C34H37BN2O5/c1-33(2)34(3,4)42-35(41-33)22-13-16-30(36-19-22)31(38)21-17-23-14-15-24(18-21)37(23)32(39)40-20-29-27-11-7-5-9-25(27)26-10-6-8-12-28(26)29/h5-13,16,19,21,23-24,29H,14-15,17-18,20H2,1-4H3. The molecule has 4 heterocycles. The van der Waals surface area contributed by atoms with Crippen LogP contribution in [0, 0.1) is 5.92 Å². The Morgan fingerprint density at radius 1 is 0.881 bits per heavy atom. The topological polar surface area (TPSA) is 78.0 Å². The van der Waals surface area contributed by atoms with Crippen molar-refractivity contribution >= 4 is 24.5 Å². The number of carbonyl (C=O) groups is 2. The van der Waals surface area contributed by atoms with Crippen LogP contribution in [0.1, 0.15) is 80.9 Å². The normalized spacial score (nSPS) is 25.3. The number of ether oxygens (including phenoxy) is 1. The lowest BCUT2D eigenvalue weighted by molar-refractivity contribution is 0.00578. The van der Waals surface area contributed by atoms with E-state index in [0.29, 0.717) is 25.1 Å². The molecule has 2 bridgehead atoms. The summed E-state index contributed by atoms with van der Waals surface area (Å²) < 4.78 is 18.3. The van der Waals surface area contributed by atoms with E-state index in [1.807, 2.05) is 50.8 Å². The molecule has 0 N–H and O–H groups in total. The van der Waals surface area contributed by atoms with Gasteiger partial charge in [-0.1, -0.05) is 54.6 Å². The first-order chi connectivity index (χ1) is 20.1. The van der Waals surface area contributed by atoms with Crippen LogP contribution in [0.15, 0.2) is 66.9 Å². The summed E-state index contributed by atoms with van der Waals surface area (Å²) in [6, 6.07) is 20.4. The number of rotatable bonds is 5.